The number of piperidine rings is 1. The molecule has 1 amide bonds. The molecule has 2 aromatic rings. The number of rotatable bonds is 5. The number of amides is 1. The maximum absolute atomic E-state index is 12.5. The van der Waals surface area contributed by atoms with Crippen molar-refractivity contribution in [1.82, 2.24) is 9.47 Å². The highest BCUT2D eigenvalue weighted by Gasteiger charge is 2.24. The maximum Gasteiger partial charge on any atom is 0.305 e. The second kappa shape index (κ2) is 7.91. The van der Waals surface area contributed by atoms with Crippen LogP contribution in [0.15, 0.2) is 30.5 Å². The number of benzene rings is 1. The molecular weight excluding hydrogens is 340 g/mol. The summed E-state index contributed by atoms with van der Waals surface area (Å²) in [6.45, 7) is 2.09. The van der Waals surface area contributed by atoms with Gasteiger partial charge in [-0.25, -0.2) is 0 Å². The second-order valence-electron chi connectivity index (χ2n) is 6.57. The zero-order chi connectivity index (χ0) is 17.8. The number of aromatic nitrogens is 1. The first kappa shape index (κ1) is 17.8. The summed E-state index contributed by atoms with van der Waals surface area (Å²) in [6, 6.07) is 7.83. The second-order valence-corrected chi connectivity index (χ2v) is 7.00. The third-order valence-corrected chi connectivity index (χ3v) is 5.19. The van der Waals surface area contributed by atoms with Gasteiger partial charge in [-0.15, -0.1) is 0 Å². The molecule has 1 aliphatic heterocycles. The molecule has 0 spiro atoms. The van der Waals surface area contributed by atoms with Crippen LogP contribution in [0.4, 0.5) is 0 Å². The summed E-state index contributed by atoms with van der Waals surface area (Å²) >= 11 is 6.07. The lowest BCUT2D eigenvalue weighted by molar-refractivity contribution is -0.142. The molecular formula is C19H23ClN2O3. The van der Waals surface area contributed by atoms with E-state index in [0.29, 0.717) is 30.3 Å². The van der Waals surface area contributed by atoms with Gasteiger partial charge in [-0.2, -0.15) is 0 Å². The zero-order valence-corrected chi connectivity index (χ0v) is 15.2. The van der Waals surface area contributed by atoms with Gasteiger partial charge in [0.15, 0.2) is 0 Å². The minimum absolute atomic E-state index is 0.164. The molecule has 6 heteroatoms. The van der Waals surface area contributed by atoms with E-state index in [1.165, 1.54) is 7.11 Å². The highest BCUT2D eigenvalue weighted by atomic mass is 35.5. The van der Waals surface area contributed by atoms with Gasteiger partial charge in [0.1, 0.15) is 0 Å². The van der Waals surface area contributed by atoms with Crippen LogP contribution < -0.4 is 0 Å². The van der Waals surface area contributed by atoms with E-state index in [-0.39, 0.29) is 11.9 Å². The van der Waals surface area contributed by atoms with Crippen molar-refractivity contribution in [3.8, 4) is 0 Å². The van der Waals surface area contributed by atoms with Crippen molar-refractivity contribution in [2.24, 2.45) is 5.92 Å². The van der Waals surface area contributed by atoms with Crippen molar-refractivity contribution < 1.29 is 14.3 Å². The van der Waals surface area contributed by atoms with Gasteiger partial charge >= 0.3 is 5.97 Å². The van der Waals surface area contributed by atoms with Crippen LogP contribution in [0.1, 0.15) is 25.7 Å². The Balaban J connectivity index is 1.51. The van der Waals surface area contributed by atoms with E-state index in [2.05, 4.69) is 4.57 Å². The molecule has 134 valence electrons. The summed E-state index contributed by atoms with van der Waals surface area (Å²) in [5.41, 5.74) is 1.05. The van der Waals surface area contributed by atoms with E-state index in [1.54, 1.807) is 0 Å². The number of hydrogen-bond donors (Lipinski definition) is 0. The Morgan fingerprint density at radius 1 is 1.24 bits per heavy atom. The van der Waals surface area contributed by atoms with Crippen molar-refractivity contribution >= 4 is 34.4 Å². The molecule has 0 N–H and O–H groups in total. The fourth-order valence-electron chi connectivity index (χ4n) is 3.43. The Bertz CT molecular complexity index is 763. The van der Waals surface area contributed by atoms with Crippen LogP contribution in [-0.2, 0) is 20.9 Å². The van der Waals surface area contributed by atoms with E-state index < -0.39 is 0 Å². The van der Waals surface area contributed by atoms with Gasteiger partial charge < -0.3 is 14.2 Å². The predicted octanol–water partition coefficient (Wildman–Crippen LogP) is 3.49. The predicted molar refractivity (Wildman–Crippen MR) is 97.5 cm³/mol. The number of carbonyl (C=O) groups is 2. The number of aryl methyl sites for hydroxylation is 1. The monoisotopic (exact) mass is 362 g/mol. The molecule has 5 nitrogen and oxygen atoms in total. The molecule has 25 heavy (non-hydrogen) atoms. The van der Waals surface area contributed by atoms with E-state index in [9.17, 15) is 9.59 Å². The number of ether oxygens (including phenoxy) is 1. The van der Waals surface area contributed by atoms with Crippen LogP contribution >= 0.6 is 11.6 Å². The molecule has 3 rings (SSSR count). The Hall–Kier alpha value is -2.01. The van der Waals surface area contributed by atoms with Crippen molar-refractivity contribution in [3.63, 3.8) is 0 Å². The summed E-state index contributed by atoms with van der Waals surface area (Å²) < 4.78 is 6.79. The number of carbonyl (C=O) groups excluding carboxylic acids is 2. The fraction of sp³-hybridized carbons (Fsp3) is 0.474. The molecule has 1 aliphatic rings. The highest BCUT2D eigenvalue weighted by Crippen LogP contribution is 2.23. The quantitative estimate of drug-likeness (QED) is 0.765. The van der Waals surface area contributed by atoms with Gasteiger partial charge in [-0.1, -0.05) is 17.7 Å². The highest BCUT2D eigenvalue weighted by molar-refractivity contribution is 6.31. The van der Waals surface area contributed by atoms with Crippen LogP contribution in [0, 0.1) is 5.92 Å². The summed E-state index contributed by atoms with van der Waals surface area (Å²) in [4.78, 5) is 25.7. The summed E-state index contributed by atoms with van der Waals surface area (Å²) in [5, 5.41) is 1.83. The third-order valence-electron chi connectivity index (χ3n) is 4.95. The van der Waals surface area contributed by atoms with Gasteiger partial charge in [0.2, 0.25) is 5.91 Å². The molecule has 1 fully saturated rings. The molecule has 1 aromatic carbocycles. The number of hydrogen-bond acceptors (Lipinski definition) is 3. The summed E-state index contributed by atoms with van der Waals surface area (Å²) in [5.74, 6) is 0.329. The first-order chi connectivity index (χ1) is 12.1. The van der Waals surface area contributed by atoms with Gasteiger partial charge in [0.05, 0.1) is 7.11 Å². The molecule has 0 radical (unpaired) electrons. The Kier molecular flexibility index (Phi) is 5.63. The molecule has 0 aliphatic carbocycles. The van der Waals surface area contributed by atoms with Crippen LogP contribution in [0.2, 0.25) is 5.02 Å². The SMILES string of the molecule is COC(=O)CC1CCN(C(=O)CCn2ccc3ccc(Cl)cc32)CC1. The van der Waals surface area contributed by atoms with E-state index >= 15 is 0 Å². The normalized spacial score (nSPS) is 15.5. The molecule has 2 heterocycles. The zero-order valence-electron chi connectivity index (χ0n) is 14.4. The number of esters is 1. The van der Waals surface area contributed by atoms with E-state index in [1.807, 2.05) is 35.4 Å². The first-order valence-electron chi connectivity index (χ1n) is 8.66. The summed E-state index contributed by atoms with van der Waals surface area (Å²) in [6.07, 6.45) is 4.65. The van der Waals surface area contributed by atoms with E-state index in [4.69, 9.17) is 16.3 Å². The maximum atomic E-state index is 12.5. The van der Waals surface area contributed by atoms with Crippen molar-refractivity contribution in [2.45, 2.75) is 32.2 Å². The average molecular weight is 363 g/mol. The largest absolute Gasteiger partial charge is 0.469 e. The van der Waals surface area contributed by atoms with Crippen LogP contribution in [0.5, 0.6) is 0 Å². The smallest absolute Gasteiger partial charge is 0.305 e. The minimum Gasteiger partial charge on any atom is -0.469 e. The van der Waals surface area contributed by atoms with Crippen molar-refractivity contribution in [2.75, 3.05) is 20.2 Å². The number of likely N-dealkylation sites (tertiary alicyclic amines) is 1. The Labute approximate surface area is 152 Å². The molecule has 1 saturated heterocycles. The lowest BCUT2D eigenvalue weighted by Gasteiger charge is -2.31. The van der Waals surface area contributed by atoms with Gasteiger partial charge in [0, 0.05) is 49.2 Å². The third kappa shape index (κ3) is 4.34. The number of nitrogens with zero attached hydrogens (tertiary/aromatic N) is 2. The van der Waals surface area contributed by atoms with Crippen LogP contribution in [-0.4, -0.2) is 41.5 Å². The minimum atomic E-state index is -0.164. The van der Waals surface area contributed by atoms with Gasteiger partial charge in [0.25, 0.3) is 0 Å². The molecule has 0 saturated carbocycles. The first-order valence-corrected chi connectivity index (χ1v) is 9.03. The standard InChI is InChI=1S/C19H23ClN2O3/c1-25-19(24)12-14-4-8-22(9-5-14)18(23)7-11-21-10-6-15-2-3-16(20)13-17(15)21/h2-3,6,10,13-14H,4-5,7-9,11-12H2,1H3. The topological polar surface area (TPSA) is 51.5 Å². The number of halogens is 1. The van der Waals surface area contributed by atoms with Crippen LogP contribution in [0.25, 0.3) is 10.9 Å². The lowest BCUT2D eigenvalue weighted by Crippen LogP contribution is -2.39. The fourth-order valence-corrected chi connectivity index (χ4v) is 3.60. The molecule has 0 unspecified atom stereocenters. The van der Waals surface area contributed by atoms with E-state index in [0.717, 1.165) is 36.8 Å². The van der Waals surface area contributed by atoms with Gasteiger partial charge in [-0.05, 0) is 42.3 Å². The number of fused-ring (bicyclic) bond motifs is 1. The van der Waals surface area contributed by atoms with Crippen LogP contribution in [0.3, 0.4) is 0 Å². The van der Waals surface area contributed by atoms with Crippen molar-refractivity contribution in [3.05, 3.63) is 35.5 Å². The lowest BCUT2D eigenvalue weighted by atomic mass is 9.93. The molecule has 0 bridgehead atoms. The average Bonchev–Trinajstić information content (AvgIpc) is 3.02. The number of methoxy groups -OCH3 is 1. The van der Waals surface area contributed by atoms with Crippen molar-refractivity contribution in [1.29, 1.82) is 0 Å². The molecule has 0 atom stereocenters. The van der Waals surface area contributed by atoms with Gasteiger partial charge in [-0.3, -0.25) is 9.59 Å². The Morgan fingerprint density at radius 3 is 2.72 bits per heavy atom. The molecule has 1 aromatic heterocycles. The Morgan fingerprint density at radius 2 is 2.00 bits per heavy atom. The summed E-state index contributed by atoms with van der Waals surface area (Å²) in [7, 11) is 1.42.